The molecule has 8 heteroatoms. The Morgan fingerprint density at radius 2 is 1.77 bits per heavy atom. The molecule has 0 spiro atoms. The molecule has 2 rings (SSSR count). The molecular weight excluding hydrogens is 304 g/mol. The molecule has 1 aromatic carbocycles. The molecule has 1 aromatic rings. The molecule has 0 radical (unpaired) electrons. The van der Waals surface area contributed by atoms with Crippen LogP contribution in [-0.2, 0) is 14.8 Å². The zero-order chi connectivity index (χ0) is 16.2. The molecule has 1 heterocycles. The summed E-state index contributed by atoms with van der Waals surface area (Å²) < 4.78 is 22.5. The fraction of sp³-hybridized carbons (Fsp3) is 0.500. The van der Waals surface area contributed by atoms with Crippen LogP contribution in [0.5, 0.6) is 0 Å². The minimum atomic E-state index is -3.65. The Bertz CT molecular complexity index is 607. The van der Waals surface area contributed by atoms with Gasteiger partial charge in [0, 0.05) is 38.4 Å². The van der Waals surface area contributed by atoms with E-state index in [1.807, 2.05) is 6.92 Å². The Balaban J connectivity index is 1.90. The highest BCUT2D eigenvalue weighted by Crippen LogP contribution is 2.18. The average Bonchev–Trinajstić information content (AvgIpc) is 2.47. The number of primary sulfonamides is 1. The van der Waals surface area contributed by atoms with Crippen molar-refractivity contribution in [3.8, 4) is 0 Å². The number of amides is 1. The SMILES string of the molecule is CCNC(=O)CN1CCN(c2ccc(S(N)(=O)=O)cc2)CC1. The molecule has 1 amide bonds. The maximum atomic E-state index is 11.6. The first-order chi connectivity index (χ1) is 10.4. The number of nitrogens with two attached hydrogens (primary N) is 1. The highest BCUT2D eigenvalue weighted by atomic mass is 32.2. The van der Waals surface area contributed by atoms with E-state index in [-0.39, 0.29) is 10.8 Å². The quantitative estimate of drug-likeness (QED) is 0.767. The van der Waals surface area contributed by atoms with Gasteiger partial charge in [0.05, 0.1) is 11.4 Å². The number of hydrogen-bond donors (Lipinski definition) is 2. The van der Waals surface area contributed by atoms with E-state index in [1.54, 1.807) is 12.1 Å². The van der Waals surface area contributed by atoms with Crippen molar-refractivity contribution in [3.05, 3.63) is 24.3 Å². The summed E-state index contributed by atoms with van der Waals surface area (Å²) in [6.45, 7) is 6.17. The van der Waals surface area contributed by atoms with Crippen molar-refractivity contribution in [1.82, 2.24) is 10.2 Å². The average molecular weight is 326 g/mol. The van der Waals surface area contributed by atoms with Gasteiger partial charge in [-0.25, -0.2) is 13.6 Å². The van der Waals surface area contributed by atoms with Crippen LogP contribution in [0, 0.1) is 0 Å². The third-order valence-electron chi connectivity index (χ3n) is 3.64. The second-order valence-corrected chi connectivity index (χ2v) is 6.82. The molecule has 0 aliphatic carbocycles. The molecule has 22 heavy (non-hydrogen) atoms. The molecule has 0 bridgehead atoms. The first-order valence-electron chi connectivity index (χ1n) is 7.27. The molecule has 1 aliphatic heterocycles. The number of nitrogens with zero attached hydrogens (tertiary/aromatic N) is 2. The number of sulfonamides is 1. The smallest absolute Gasteiger partial charge is 0.238 e. The Labute approximate surface area is 131 Å². The van der Waals surface area contributed by atoms with Gasteiger partial charge >= 0.3 is 0 Å². The maximum absolute atomic E-state index is 11.6. The summed E-state index contributed by atoms with van der Waals surface area (Å²) in [6, 6.07) is 6.57. The number of carbonyl (C=O) groups is 1. The molecule has 3 N–H and O–H groups in total. The monoisotopic (exact) mass is 326 g/mol. The molecule has 0 atom stereocenters. The summed E-state index contributed by atoms with van der Waals surface area (Å²) in [7, 11) is -3.65. The van der Waals surface area contributed by atoms with Crippen molar-refractivity contribution < 1.29 is 13.2 Å². The van der Waals surface area contributed by atoms with Crippen molar-refractivity contribution >= 4 is 21.6 Å². The third kappa shape index (κ3) is 4.43. The van der Waals surface area contributed by atoms with Crippen LogP contribution in [0.3, 0.4) is 0 Å². The van der Waals surface area contributed by atoms with Crippen molar-refractivity contribution in [3.63, 3.8) is 0 Å². The summed E-state index contributed by atoms with van der Waals surface area (Å²) in [5, 5.41) is 7.88. The summed E-state index contributed by atoms with van der Waals surface area (Å²) in [4.78, 5) is 16.0. The lowest BCUT2D eigenvalue weighted by Crippen LogP contribution is -2.49. The van der Waals surface area contributed by atoms with E-state index in [2.05, 4.69) is 15.1 Å². The van der Waals surface area contributed by atoms with Crippen molar-refractivity contribution in [2.24, 2.45) is 5.14 Å². The van der Waals surface area contributed by atoms with Gasteiger partial charge in [-0.1, -0.05) is 0 Å². The Hall–Kier alpha value is -1.64. The van der Waals surface area contributed by atoms with Crippen LogP contribution in [0.25, 0.3) is 0 Å². The van der Waals surface area contributed by atoms with Crippen LogP contribution in [-0.4, -0.2) is 58.5 Å². The van der Waals surface area contributed by atoms with Gasteiger partial charge in [0.15, 0.2) is 0 Å². The number of hydrogen-bond acceptors (Lipinski definition) is 5. The number of anilines is 1. The molecule has 7 nitrogen and oxygen atoms in total. The number of nitrogens with one attached hydrogen (secondary N) is 1. The van der Waals surface area contributed by atoms with Crippen LogP contribution in [0.1, 0.15) is 6.92 Å². The van der Waals surface area contributed by atoms with E-state index in [1.165, 1.54) is 12.1 Å². The molecule has 0 aromatic heterocycles. The second kappa shape index (κ2) is 7.08. The lowest BCUT2D eigenvalue weighted by Gasteiger charge is -2.35. The van der Waals surface area contributed by atoms with Crippen LogP contribution >= 0.6 is 0 Å². The second-order valence-electron chi connectivity index (χ2n) is 5.26. The van der Waals surface area contributed by atoms with Crippen LogP contribution < -0.4 is 15.4 Å². The molecule has 1 aliphatic rings. The third-order valence-corrected chi connectivity index (χ3v) is 4.57. The van der Waals surface area contributed by atoms with Gasteiger partial charge < -0.3 is 10.2 Å². The molecule has 0 unspecified atom stereocenters. The topological polar surface area (TPSA) is 95.7 Å². The van der Waals surface area contributed by atoms with Crippen LogP contribution in [0.2, 0.25) is 0 Å². The number of benzene rings is 1. The van der Waals surface area contributed by atoms with Gasteiger partial charge in [-0.15, -0.1) is 0 Å². The van der Waals surface area contributed by atoms with E-state index in [0.717, 1.165) is 31.9 Å². The Kier molecular flexibility index (Phi) is 5.38. The Morgan fingerprint density at radius 1 is 1.18 bits per heavy atom. The number of piperazine rings is 1. The normalized spacial score (nSPS) is 16.5. The summed E-state index contributed by atoms with van der Waals surface area (Å²) in [6.07, 6.45) is 0. The van der Waals surface area contributed by atoms with Crippen LogP contribution in [0.4, 0.5) is 5.69 Å². The Morgan fingerprint density at radius 3 is 2.27 bits per heavy atom. The minimum Gasteiger partial charge on any atom is -0.369 e. The summed E-state index contributed by atoms with van der Waals surface area (Å²) >= 11 is 0. The predicted octanol–water partition coefficient (Wildman–Crippen LogP) is -0.408. The van der Waals surface area contributed by atoms with E-state index >= 15 is 0 Å². The molecule has 1 saturated heterocycles. The number of carbonyl (C=O) groups excluding carboxylic acids is 1. The van der Waals surface area contributed by atoms with Crippen molar-refractivity contribution in [1.29, 1.82) is 0 Å². The molecule has 1 fully saturated rings. The zero-order valence-electron chi connectivity index (χ0n) is 12.7. The minimum absolute atomic E-state index is 0.0495. The van der Waals surface area contributed by atoms with Gasteiger partial charge in [-0.05, 0) is 31.2 Å². The predicted molar refractivity (Wildman–Crippen MR) is 85.2 cm³/mol. The molecule has 0 saturated carbocycles. The standard InChI is InChI=1S/C14H22N4O3S/c1-2-16-14(19)11-17-7-9-18(10-8-17)12-3-5-13(6-4-12)22(15,20)21/h3-6H,2,7-11H2,1H3,(H,16,19)(H2,15,20,21). The largest absolute Gasteiger partial charge is 0.369 e. The fourth-order valence-corrected chi connectivity index (χ4v) is 2.98. The summed E-state index contributed by atoms with van der Waals surface area (Å²) in [5.74, 6) is 0.0495. The van der Waals surface area contributed by atoms with E-state index in [0.29, 0.717) is 13.1 Å². The van der Waals surface area contributed by atoms with E-state index in [9.17, 15) is 13.2 Å². The van der Waals surface area contributed by atoms with Gasteiger partial charge in [-0.2, -0.15) is 0 Å². The highest BCUT2D eigenvalue weighted by Gasteiger charge is 2.19. The van der Waals surface area contributed by atoms with Crippen molar-refractivity contribution in [2.75, 3.05) is 44.2 Å². The van der Waals surface area contributed by atoms with E-state index < -0.39 is 10.0 Å². The van der Waals surface area contributed by atoms with Gasteiger partial charge in [0.1, 0.15) is 0 Å². The van der Waals surface area contributed by atoms with Gasteiger partial charge in [0.25, 0.3) is 0 Å². The number of rotatable bonds is 5. The molecule has 122 valence electrons. The van der Waals surface area contributed by atoms with Crippen LogP contribution in [0.15, 0.2) is 29.2 Å². The van der Waals surface area contributed by atoms with Gasteiger partial charge in [-0.3, -0.25) is 9.69 Å². The lowest BCUT2D eigenvalue weighted by atomic mass is 10.2. The zero-order valence-corrected chi connectivity index (χ0v) is 13.5. The first-order valence-corrected chi connectivity index (χ1v) is 8.81. The molecular formula is C14H22N4O3S. The highest BCUT2D eigenvalue weighted by molar-refractivity contribution is 7.89. The first kappa shape index (κ1) is 16.7. The van der Waals surface area contributed by atoms with E-state index in [4.69, 9.17) is 5.14 Å². The van der Waals surface area contributed by atoms with Gasteiger partial charge in [0.2, 0.25) is 15.9 Å². The maximum Gasteiger partial charge on any atom is 0.238 e. The lowest BCUT2D eigenvalue weighted by molar-refractivity contribution is -0.122. The number of likely N-dealkylation sites (N-methyl/N-ethyl adjacent to an activating group) is 1. The van der Waals surface area contributed by atoms with Crippen molar-refractivity contribution in [2.45, 2.75) is 11.8 Å². The summed E-state index contributed by atoms with van der Waals surface area (Å²) in [5.41, 5.74) is 0.963. The fourth-order valence-electron chi connectivity index (χ4n) is 2.47.